The molecule has 0 spiro atoms. The minimum atomic E-state index is -1.01. The van der Waals surface area contributed by atoms with Crippen LogP contribution in [0.4, 0.5) is 5.82 Å². The number of carbonyl (C=O) groups excluding carboxylic acids is 1. The molecule has 1 aliphatic heterocycles. The van der Waals surface area contributed by atoms with Crippen molar-refractivity contribution < 1.29 is 19.4 Å². The maximum Gasteiger partial charge on any atom is 0.253 e. The predicted octanol–water partition coefficient (Wildman–Crippen LogP) is 2.86. The molecule has 0 radical (unpaired) electrons. The van der Waals surface area contributed by atoms with Crippen LogP contribution in [0.1, 0.15) is 42.6 Å². The first-order valence-corrected chi connectivity index (χ1v) is 13.9. The predicted molar refractivity (Wildman–Crippen MR) is 153 cm³/mol. The van der Waals surface area contributed by atoms with E-state index in [0.29, 0.717) is 51.4 Å². The first-order valence-electron chi connectivity index (χ1n) is 13.9. The topological polar surface area (TPSA) is 151 Å². The van der Waals surface area contributed by atoms with Crippen molar-refractivity contribution in [1.82, 2.24) is 29.9 Å². The van der Waals surface area contributed by atoms with E-state index in [1.54, 1.807) is 62.3 Å². The fraction of sp³-hybridized carbons (Fsp3) is 0.400. The van der Waals surface area contributed by atoms with Crippen LogP contribution in [-0.4, -0.2) is 74.0 Å². The third-order valence-corrected chi connectivity index (χ3v) is 7.83. The van der Waals surface area contributed by atoms with Gasteiger partial charge in [-0.1, -0.05) is 0 Å². The van der Waals surface area contributed by atoms with E-state index in [-0.39, 0.29) is 18.6 Å². The van der Waals surface area contributed by atoms with Gasteiger partial charge in [0.2, 0.25) is 5.88 Å². The number of rotatable bonds is 8. The Labute approximate surface area is 242 Å². The van der Waals surface area contributed by atoms with Crippen LogP contribution < -0.4 is 19.7 Å². The van der Waals surface area contributed by atoms with Crippen molar-refractivity contribution in [2.45, 2.75) is 38.3 Å². The van der Waals surface area contributed by atoms with Crippen molar-refractivity contribution in [3.8, 4) is 29.0 Å². The molecule has 1 saturated heterocycles. The quantitative estimate of drug-likeness (QED) is 0.325. The summed E-state index contributed by atoms with van der Waals surface area (Å²) in [5.74, 6) is 2.56. The van der Waals surface area contributed by atoms with Gasteiger partial charge in [0.15, 0.2) is 0 Å². The molecule has 4 aromatic rings. The lowest BCUT2D eigenvalue weighted by atomic mass is 10.0. The number of aromatic nitrogens is 5. The van der Waals surface area contributed by atoms with E-state index in [1.807, 2.05) is 0 Å². The molecule has 1 amide bonds. The van der Waals surface area contributed by atoms with Crippen LogP contribution >= 0.6 is 0 Å². The Balaban J connectivity index is 1.13. The standard InChI is InChI=1S/C30H32N8O4/c1-30(2,40)17-42-23-8-24(28-21(9-31)11-35-38(28)16-23)25-12-33-26(13-32-25)37-14-19-6-22(7-20(19)15-37)36-29(39)18-4-5-27(41-3)34-10-18/h4-5,8,10-13,16,19-20,22,40H,6-7,14-15,17H2,1-3H3,(H,36,39)/t19-,20+,22-. The van der Waals surface area contributed by atoms with Crippen molar-refractivity contribution in [3.63, 3.8) is 0 Å². The van der Waals surface area contributed by atoms with E-state index in [2.05, 4.69) is 26.4 Å². The smallest absolute Gasteiger partial charge is 0.253 e. The summed E-state index contributed by atoms with van der Waals surface area (Å²) in [5, 5.41) is 27.2. The molecule has 0 aromatic carbocycles. The number of nitrogens with zero attached hydrogens (tertiary/aromatic N) is 7. The highest BCUT2D eigenvalue weighted by atomic mass is 16.5. The lowest BCUT2D eigenvalue weighted by Crippen LogP contribution is -2.35. The molecule has 3 atom stereocenters. The number of methoxy groups -OCH3 is 1. The Morgan fingerprint density at radius 1 is 1.14 bits per heavy atom. The average molecular weight is 569 g/mol. The van der Waals surface area contributed by atoms with Crippen LogP contribution in [0, 0.1) is 23.2 Å². The van der Waals surface area contributed by atoms with Gasteiger partial charge >= 0.3 is 0 Å². The lowest BCUT2D eigenvalue weighted by molar-refractivity contribution is 0.0283. The Kier molecular flexibility index (Phi) is 7.12. The van der Waals surface area contributed by atoms with Gasteiger partial charge in [0.1, 0.15) is 24.2 Å². The van der Waals surface area contributed by atoms with Crippen molar-refractivity contribution in [2.75, 3.05) is 31.7 Å². The summed E-state index contributed by atoms with van der Waals surface area (Å²) in [6.07, 6.45) is 10.0. The molecule has 4 aromatic heterocycles. The first-order chi connectivity index (χ1) is 20.2. The molecular weight excluding hydrogens is 536 g/mol. The Morgan fingerprint density at radius 2 is 1.93 bits per heavy atom. The van der Waals surface area contributed by atoms with Gasteiger partial charge in [0.05, 0.1) is 59.8 Å². The Morgan fingerprint density at radius 3 is 2.55 bits per heavy atom. The highest BCUT2D eigenvalue weighted by Gasteiger charge is 2.42. The third kappa shape index (κ3) is 5.56. The van der Waals surface area contributed by atoms with Crippen molar-refractivity contribution >= 4 is 17.2 Å². The Hall–Kier alpha value is -4.76. The number of ether oxygens (including phenoxy) is 2. The van der Waals surface area contributed by atoms with Gasteiger partial charge in [-0.05, 0) is 50.7 Å². The minimum absolute atomic E-state index is 0.0927. The number of hydrogen-bond acceptors (Lipinski definition) is 10. The summed E-state index contributed by atoms with van der Waals surface area (Å²) in [6, 6.07) is 7.52. The number of fused-ring (bicyclic) bond motifs is 2. The van der Waals surface area contributed by atoms with Gasteiger partial charge in [-0.2, -0.15) is 10.4 Å². The zero-order valence-electron chi connectivity index (χ0n) is 23.7. The normalized spacial score (nSPS) is 19.9. The summed E-state index contributed by atoms with van der Waals surface area (Å²) in [6.45, 7) is 5.12. The molecule has 5 heterocycles. The minimum Gasteiger partial charge on any atom is -0.489 e. The summed E-state index contributed by atoms with van der Waals surface area (Å²) >= 11 is 0. The van der Waals surface area contributed by atoms with Gasteiger partial charge in [-0.25, -0.2) is 14.5 Å². The van der Waals surface area contributed by atoms with Crippen LogP contribution in [-0.2, 0) is 0 Å². The molecule has 42 heavy (non-hydrogen) atoms. The number of aliphatic hydroxyl groups is 1. The maximum atomic E-state index is 12.7. The highest BCUT2D eigenvalue weighted by Crippen LogP contribution is 2.40. The summed E-state index contributed by atoms with van der Waals surface area (Å²) in [5.41, 5.74) is 1.80. The fourth-order valence-electron chi connectivity index (χ4n) is 5.85. The highest BCUT2D eigenvalue weighted by molar-refractivity contribution is 5.94. The molecule has 1 aliphatic carbocycles. The van der Waals surface area contributed by atoms with Crippen LogP contribution in [0.25, 0.3) is 16.8 Å². The molecular formula is C30H32N8O4. The lowest BCUT2D eigenvalue weighted by Gasteiger charge is -2.21. The number of carbonyl (C=O) groups is 1. The van der Waals surface area contributed by atoms with Gasteiger partial charge in [-0.15, -0.1) is 0 Å². The van der Waals surface area contributed by atoms with Crippen LogP contribution in [0.5, 0.6) is 11.6 Å². The molecule has 12 heteroatoms. The van der Waals surface area contributed by atoms with Crippen LogP contribution in [0.2, 0.25) is 0 Å². The van der Waals surface area contributed by atoms with E-state index in [1.165, 1.54) is 12.4 Å². The zero-order chi connectivity index (χ0) is 29.4. The molecule has 216 valence electrons. The molecule has 0 bridgehead atoms. The van der Waals surface area contributed by atoms with Gasteiger partial charge in [0, 0.05) is 37.0 Å². The zero-order valence-corrected chi connectivity index (χ0v) is 23.7. The molecule has 0 unspecified atom stereocenters. The van der Waals surface area contributed by atoms with Crippen LogP contribution in [0.15, 0.2) is 49.2 Å². The number of pyridine rings is 2. The number of hydrogen-bond donors (Lipinski definition) is 2. The van der Waals surface area contributed by atoms with Gasteiger partial charge in [0.25, 0.3) is 5.91 Å². The Bertz CT molecular complexity index is 1630. The van der Waals surface area contributed by atoms with Crippen molar-refractivity contribution in [2.24, 2.45) is 11.8 Å². The first kappa shape index (κ1) is 27.4. The summed E-state index contributed by atoms with van der Waals surface area (Å²) in [7, 11) is 1.54. The van der Waals surface area contributed by atoms with E-state index in [4.69, 9.17) is 19.4 Å². The van der Waals surface area contributed by atoms with E-state index in [9.17, 15) is 15.2 Å². The monoisotopic (exact) mass is 568 g/mol. The second-order valence-corrected chi connectivity index (χ2v) is 11.6. The number of nitrogens with one attached hydrogen (secondary N) is 1. The van der Waals surface area contributed by atoms with E-state index >= 15 is 0 Å². The molecule has 2 fully saturated rings. The van der Waals surface area contributed by atoms with Crippen molar-refractivity contribution in [1.29, 1.82) is 5.26 Å². The third-order valence-electron chi connectivity index (χ3n) is 7.83. The maximum absolute atomic E-state index is 12.7. The van der Waals surface area contributed by atoms with Crippen molar-refractivity contribution in [3.05, 3.63) is 60.3 Å². The summed E-state index contributed by atoms with van der Waals surface area (Å²) in [4.78, 5) is 28.5. The fourth-order valence-corrected chi connectivity index (χ4v) is 5.85. The van der Waals surface area contributed by atoms with Gasteiger partial charge in [-0.3, -0.25) is 9.78 Å². The second kappa shape index (κ2) is 10.9. The second-order valence-electron chi connectivity index (χ2n) is 11.6. The van der Waals surface area contributed by atoms with E-state index in [0.717, 1.165) is 31.7 Å². The number of nitriles is 1. The average Bonchev–Trinajstić information content (AvgIpc) is 3.69. The van der Waals surface area contributed by atoms with Gasteiger partial charge < -0.3 is 24.8 Å². The molecule has 2 N–H and O–H groups in total. The number of anilines is 1. The molecule has 6 rings (SSSR count). The molecule has 2 aliphatic rings. The SMILES string of the molecule is COc1ccc(C(=O)N[C@@H]2C[C@@H]3CN(c4cnc(-c5cc(OCC(C)(C)O)cn6ncc(C#N)c56)cn4)C[C@@H]3C2)cn1. The molecule has 1 saturated carbocycles. The van der Waals surface area contributed by atoms with Crippen LogP contribution in [0.3, 0.4) is 0 Å². The summed E-state index contributed by atoms with van der Waals surface area (Å²) < 4.78 is 12.5. The van der Waals surface area contributed by atoms with E-state index < -0.39 is 5.60 Å². The largest absolute Gasteiger partial charge is 0.489 e. The number of amides is 1. The molecule has 12 nitrogen and oxygen atoms in total.